The van der Waals surface area contributed by atoms with Crippen LogP contribution in [0.2, 0.25) is 0 Å². The number of carboxylic acid groups (broad SMARTS) is 2. The van der Waals surface area contributed by atoms with Crippen molar-refractivity contribution in [3.8, 4) is 0 Å². The summed E-state index contributed by atoms with van der Waals surface area (Å²) < 4.78 is 5.85. The van der Waals surface area contributed by atoms with Gasteiger partial charge < -0.3 is 32.2 Å². The topological polar surface area (TPSA) is 191 Å². The molecule has 0 bridgehead atoms. The quantitative estimate of drug-likeness (QED) is 0.0410. The summed E-state index contributed by atoms with van der Waals surface area (Å²) in [4.78, 5) is 37.1. The number of esters is 1. The lowest BCUT2D eigenvalue weighted by atomic mass is 9.46. The second kappa shape index (κ2) is 18.1. The van der Waals surface area contributed by atoms with Crippen LogP contribution in [0, 0.1) is 46.3 Å². The molecular formula is C40H68N4O6. The molecule has 0 aromatic heterocycles. The average Bonchev–Trinajstić information content (AvgIpc) is 3.41. The van der Waals surface area contributed by atoms with Crippen LogP contribution in [0.5, 0.6) is 0 Å². The number of aliphatic imine (C=N–C) groups is 1. The highest BCUT2D eigenvalue weighted by atomic mass is 16.5. The van der Waals surface area contributed by atoms with Gasteiger partial charge >= 0.3 is 17.9 Å². The van der Waals surface area contributed by atoms with Crippen LogP contribution in [0.4, 0.5) is 0 Å². The van der Waals surface area contributed by atoms with Crippen molar-refractivity contribution in [2.45, 2.75) is 151 Å². The van der Waals surface area contributed by atoms with E-state index in [2.05, 4.69) is 59.5 Å². The van der Waals surface area contributed by atoms with Gasteiger partial charge in [0.15, 0.2) is 5.96 Å². The number of carboxylic acids is 2. The number of aliphatic carboxylic acids is 2. The van der Waals surface area contributed by atoms with Crippen molar-refractivity contribution in [2.24, 2.45) is 68.5 Å². The zero-order valence-electron chi connectivity index (χ0n) is 32.0. The van der Waals surface area contributed by atoms with Crippen molar-refractivity contribution in [1.29, 1.82) is 0 Å². The second-order valence-corrected chi connectivity index (χ2v) is 16.6. The van der Waals surface area contributed by atoms with Gasteiger partial charge in [-0.3, -0.25) is 19.4 Å². The Morgan fingerprint density at radius 2 is 1.64 bits per heavy atom. The lowest BCUT2D eigenvalue weighted by Crippen LogP contribution is -2.53. The smallest absolute Gasteiger partial charge is 0.320 e. The van der Waals surface area contributed by atoms with Crippen LogP contribution in [0.1, 0.15) is 138 Å². The molecule has 50 heavy (non-hydrogen) atoms. The molecule has 10 nitrogen and oxygen atoms in total. The summed E-state index contributed by atoms with van der Waals surface area (Å²) in [6.07, 6.45) is 15.6. The Morgan fingerprint density at radius 1 is 0.980 bits per heavy atom. The number of allylic oxidation sites excluding steroid dienone is 4. The van der Waals surface area contributed by atoms with Gasteiger partial charge in [-0.05, 0) is 137 Å². The number of rotatable bonds is 14. The molecule has 0 aromatic rings. The van der Waals surface area contributed by atoms with E-state index in [1.54, 1.807) is 11.1 Å². The summed E-state index contributed by atoms with van der Waals surface area (Å²) in [5, 5.41) is 17.3. The minimum absolute atomic E-state index is 0.0129. The first kappa shape index (κ1) is 41.5. The Bertz CT molecular complexity index is 1290. The molecule has 0 radical (unpaired) electrons. The predicted octanol–water partition coefficient (Wildman–Crippen LogP) is 7.20. The molecule has 8 N–H and O–H groups in total. The summed E-state index contributed by atoms with van der Waals surface area (Å²) in [6.45, 7) is 17.3. The highest BCUT2D eigenvalue weighted by molar-refractivity contribution is 5.76. The fourth-order valence-electron chi connectivity index (χ4n) is 10.5. The lowest BCUT2D eigenvalue weighted by Gasteiger charge is -2.59. The van der Waals surface area contributed by atoms with Crippen LogP contribution in [-0.4, -0.2) is 52.8 Å². The van der Waals surface area contributed by atoms with E-state index in [1.807, 2.05) is 0 Å². The van der Waals surface area contributed by atoms with Gasteiger partial charge in [-0.15, -0.1) is 0 Å². The maximum atomic E-state index is 12.3. The van der Waals surface area contributed by atoms with Gasteiger partial charge in [-0.1, -0.05) is 57.4 Å². The Labute approximate surface area is 301 Å². The molecule has 10 unspecified atom stereocenters. The molecule has 0 amide bonds. The van der Waals surface area contributed by atoms with Crippen molar-refractivity contribution in [3.05, 3.63) is 22.8 Å². The summed E-state index contributed by atoms with van der Waals surface area (Å²) >= 11 is 0. The normalized spacial score (nSPS) is 32.4. The van der Waals surface area contributed by atoms with Crippen molar-refractivity contribution < 1.29 is 29.3 Å². The third kappa shape index (κ3) is 9.91. The number of carbonyl (C=O) groups excluding carboxylic acids is 1. The second-order valence-electron chi connectivity index (χ2n) is 16.6. The van der Waals surface area contributed by atoms with E-state index >= 15 is 0 Å². The minimum atomic E-state index is -1.00. The number of ether oxygens (including phenoxy) is 1. The van der Waals surface area contributed by atoms with E-state index in [1.165, 1.54) is 50.5 Å². The average molecular weight is 701 g/mol. The van der Waals surface area contributed by atoms with Crippen LogP contribution < -0.4 is 17.2 Å². The fraction of sp³-hybridized carbons (Fsp3) is 0.800. The van der Waals surface area contributed by atoms with E-state index in [-0.39, 0.29) is 36.3 Å². The van der Waals surface area contributed by atoms with Gasteiger partial charge in [-0.2, -0.15) is 0 Å². The Hall–Kier alpha value is -2.88. The summed E-state index contributed by atoms with van der Waals surface area (Å²) in [5.41, 5.74) is 21.0. The molecule has 3 fully saturated rings. The summed E-state index contributed by atoms with van der Waals surface area (Å²) in [6, 6.07) is -0.820. The van der Waals surface area contributed by atoms with Gasteiger partial charge in [0, 0.05) is 6.54 Å². The SMILES string of the molecule is CCC(CCC(C)C1CCC2C3=CCC4C(C)C(OC(=O)CCC(=O)O)CCC4(C)C3CCC21C)=C(C)C.NC(N)=NCCCC(N)C(=O)O. The van der Waals surface area contributed by atoms with Gasteiger partial charge in [0.1, 0.15) is 12.1 Å². The van der Waals surface area contributed by atoms with Crippen molar-refractivity contribution in [1.82, 2.24) is 0 Å². The minimum Gasteiger partial charge on any atom is -0.481 e. The van der Waals surface area contributed by atoms with Gasteiger partial charge in [0.25, 0.3) is 0 Å². The van der Waals surface area contributed by atoms with Crippen LogP contribution in [0.3, 0.4) is 0 Å². The number of fused-ring (bicyclic) bond motifs is 5. The maximum absolute atomic E-state index is 12.3. The number of carbonyl (C=O) groups is 3. The lowest BCUT2D eigenvalue weighted by molar-refractivity contribution is -0.163. The Morgan fingerprint density at radius 3 is 2.24 bits per heavy atom. The Balaban J connectivity index is 0.000000482. The highest BCUT2D eigenvalue weighted by Gasteiger charge is 2.59. The van der Waals surface area contributed by atoms with Gasteiger partial charge in [0.05, 0.1) is 12.8 Å². The number of guanidine groups is 1. The zero-order valence-corrected chi connectivity index (χ0v) is 32.0. The summed E-state index contributed by atoms with van der Waals surface area (Å²) in [7, 11) is 0. The number of nitrogens with two attached hydrogens (primary N) is 3. The summed E-state index contributed by atoms with van der Waals surface area (Å²) in [5.74, 6) is 1.57. The standard InChI is InChI=1S/C34H54O4.C6H14N4O2/c1-8-24(21(2)3)10-9-22(4)26-13-14-28-25-11-12-27-23(5)30(38-32(37)16-15-31(35)36)18-20-34(27,7)29(25)17-19-33(26,28)6;7-4(5(11)12)2-1-3-10-6(8)9/h11,22-23,26-30H,8-10,12-20H2,1-7H3,(H,35,36);4H,1-3,7H2,(H,11,12)(H4,8,9,10). The van der Waals surface area contributed by atoms with Crippen LogP contribution in [-0.2, 0) is 19.1 Å². The molecular weight excluding hydrogens is 632 g/mol. The zero-order chi connectivity index (χ0) is 37.4. The first-order chi connectivity index (χ1) is 23.5. The van der Waals surface area contributed by atoms with Crippen molar-refractivity contribution in [2.75, 3.05) is 6.54 Å². The molecule has 10 atom stereocenters. The van der Waals surface area contributed by atoms with Gasteiger partial charge in [0.2, 0.25) is 0 Å². The van der Waals surface area contributed by atoms with E-state index in [0.29, 0.717) is 42.6 Å². The first-order valence-corrected chi connectivity index (χ1v) is 19.3. The fourth-order valence-corrected chi connectivity index (χ4v) is 10.5. The van der Waals surface area contributed by atoms with Crippen LogP contribution in [0.15, 0.2) is 27.8 Å². The predicted molar refractivity (Wildman–Crippen MR) is 199 cm³/mol. The van der Waals surface area contributed by atoms with Crippen LogP contribution >= 0.6 is 0 Å². The Kier molecular flexibility index (Phi) is 15.0. The molecule has 4 aliphatic rings. The van der Waals surface area contributed by atoms with E-state index in [4.69, 9.17) is 32.2 Å². The molecule has 0 aliphatic heterocycles. The molecule has 4 aliphatic carbocycles. The van der Waals surface area contributed by atoms with Gasteiger partial charge in [-0.25, -0.2) is 0 Å². The molecule has 0 aromatic carbocycles. The molecule has 284 valence electrons. The monoisotopic (exact) mass is 701 g/mol. The van der Waals surface area contributed by atoms with E-state index in [9.17, 15) is 14.4 Å². The third-order valence-electron chi connectivity index (χ3n) is 13.5. The molecule has 0 saturated heterocycles. The first-order valence-electron chi connectivity index (χ1n) is 19.3. The van der Waals surface area contributed by atoms with Crippen LogP contribution in [0.25, 0.3) is 0 Å². The van der Waals surface area contributed by atoms with E-state index in [0.717, 1.165) is 37.0 Å². The highest BCUT2D eigenvalue weighted by Crippen LogP contribution is 2.67. The molecule has 4 rings (SSSR count). The third-order valence-corrected chi connectivity index (χ3v) is 13.5. The van der Waals surface area contributed by atoms with E-state index < -0.39 is 18.0 Å². The molecule has 0 spiro atoms. The number of hydrogen-bond donors (Lipinski definition) is 5. The number of nitrogens with zero attached hydrogens (tertiary/aromatic N) is 1. The molecule has 10 heteroatoms. The van der Waals surface area contributed by atoms with Crippen molar-refractivity contribution >= 4 is 23.9 Å². The maximum Gasteiger partial charge on any atom is 0.320 e. The molecule has 3 saturated carbocycles. The largest absolute Gasteiger partial charge is 0.481 e. The number of hydrogen-bond acceptors (Lipinski definition) is 6. The molecule has 0 heterocycles. The van der Waals surface area contributed by atoms with Crippen molar-refractivity contribution in [3.63, 3.8) is 0 Å².